The summed E-state index contributed by atoms with van der Waals surface area (Å²) in [4.78, 5) is 8.64. The minimum atomic E-state index is -0.940. The number of halogens is 1. The molecule has 0 amide bonds. The molecule has 3 nitrogen and oxygen atoms in total. The lowest BCUT2D eigenvalue weighted by molar-refractivity contribution is 0.473. The summed E-state index contributed by atoms with van der Waals surface area (Å²) in [5.41, 5.74) is 7.08. The van der Waals surface area contributed by atoms with E-state index in [9.17, 15) is 8.94 Å². The van der Waals surface area contributed by atoms with Crippen LogP contribution in [0.3, 0.4) is 0 Å². The van der Waals surface area contributed by atoms with Gasteiger partial charge in [0.2, 0.25) is 0 Å². The Bertz CT molecular complexity index is 1230. The van der Waals surface area contributed by atoms with Crippen molar-refractivity contribution in [3.05, 3.63) is 84.4 Å². The van der Waals surface area contributed by atoms with Crippen molar-refractivity contribution in [2.75, 3.05) is 5.75 Å². The molecule has 1 N–H and O–H groups in total. The van der Waals surface area contributed by atoms with Crippen molar-refractivity contribution in [2.24, 2.45) is 0 Å². The predicted molar refractivity (Wildman–Crippen MR) is 124 cm³/mol. The molecular weight excluding hydrogens is 407 g/mol. The molecule has 1 aliphatic heterocycles. The SMILES string of the molecule is CC1(C)CC[S+]([O-])c2ccc(-c3cc(-c4ccncc4)c(-c4ccc(F)cc4)[nH]3)cc21. The van der Waals surface area contributed by atoms with E-state index >= 15 is 0 Å². The first-order chi connectivity index (χ1) is 14.9. The van der Waals surface area contributed by atoms with Gasteiger partial charge in [0.05, 0.1) is 5.69 Å². The number of benzene rings is 2. The summed E-state index contributed by atoms with van der Waals surface area (Å²) < 4.78 is 26.1. The smallest absolute Gasteiger partial charge is 0.156 e. The Kier molecular flexibility index (Phi) is 4.95. The fourth-order valence-electron chi connectivity index (χ4n) is 4.23. The number of aromatic amines is 1. The molecule has 0 spiro atoms. The lowest BCUT2D eigenvalue weighted by atomic mass is 9.81. The average Bonchev–Trinajstić information content (AvgIpc) is 3.23. The van der Waals surface area contributed by atoms with E-state index in [2.05, 4.69) is 35.9 Å². The van der Waals surface area contributed by atoms with Crippen molar-refractivity contribution in [3.8, 4) is 33.6 Å². The third-order valence-electron chi connectivity index (χ3n) is 6.12. The molecule has 0 saturated heterocycles. The molecule has 0 saturated carbocycles. The van der Waals surface area contributed by atoms with Gasteiger partial charge in [-0.25, -0.2) is 4.39 Å². The molecule has 0 radical (unpaired) electrons. The highest BCUT2D eigenvalue weighted by Crippen LogP contribution is 2.41. The Labute approximate surface area is 184 Å². The minimum absolute atomic E-state index is 0.0143. The number of nitrogens with one attached hydrogen (secondary N) is 1. The van der Waals surface area contributed by atoms with Gasteiger partial charge in [-0.1, -0.05) is 13.8 Å². The van der Waals surface area contributed by atoms with Crippen LogP contribution in [0.1, 0.15) is 25.8 Å². The van der Waals surface area contributed by atoms with E-state index < -0.39 is 11.2 Å². The van der Waals surface area contributed by atoms with Crippen LogP contribution in [0.2, 0.25) is 0 Å². The lowest BCUT2D eigenvalue weighted by Gasteiger charge is -2.33. The molecule has 0 aliphatic carbocycles. The Morgan fingerprint density at radius 2 is 1.65 bits per heavy atom. The minimum Gasteiger partial charge on any atom is -0.611 e. The molecule has 0 fully saturated rings. The van der Waals surface area contributed by atoms with Gasteiger partial charge in [-0.3, -0.25) is 4.98 Å². The van der Waals surface area contributed by atoms with Gasteiger partial charge in [0, 0.05) is 35.6 Å². The number of nitrogens with zero attached hydrogens (tertiary/aromatic N) is 1. The topological polar surface area (TPSA) is 51.7 Å². The van der Waals surface area contributed by atoms with Crippen LogP contribution >= 0.6 is 0 Å². The van der Waals surface area contributed by atoms with Crippen LogP contribution in [0.15, 0.2) is 78.0 Å². The van der Waals surface area contributed by atoms with Crippen molar-refractivity contribution in [2.45, 2.75) is 30.6 Å². The van der Waals surface area contributed by atoms with Crippen LogP contribution in [0.5, 0.6) is 0 Å². The summed E-state index contributed by atoms with van der Waals surface area (Å²) in [5, 5.41) is 0. The Morgan fingerprint density at radius 3 is 2.39 bits per heavy atom. The summed E-state index contributed by atoms with van der Waals surface area (Å²) >= 11 is -0.940. The van der Waals surface area contributed by atoms with E-state index in [1.807, 2.05) is 24.3 Å². The summed E-state index contributed by atoms with van der Waals surface area (Å²) in [6, 6.07) is 18.8. The fourth-order valence-corrected chi connectivity index (χ4v) is 5.95. The first-order valence-corrected chi connectivity index (χ1v) is 11.7. The quantitative estimate of drug-likeness (QED) is 0.386. The molecule has 2 aromatic heterocycles. The van der Waals surface area contributed by atoms with E-state index in [1.165, 1.54) is 12.1 Å². The van der Waals surface area contributed by atoms with E-state index in [1.54, 1.807) is 24.5 Å². The van der Waals surface area contributed by atoms with E-state index in [-0.39, 0.29) is 11.2 Å². The second-order valence-electron chi connectivity index (χ2n) is 8.61. The zero-order valence-corrected chi connectivity index (χ0v) is 18.3. The number of pyridine rings is 1. The van der Waals surface area contributed by atoms with Crippen molar-refractivity contribution in [1.29, 1.82) is 0 Å². The molecule has 4 aromatic rings. The van der Waals surface area contributed by atoms with Gasteiger partial charge in [0.1, 0.15) is 11.6 Å². The maximum Gasteiger partial charge on any atom is 0.156 e. The highest BCUT2D eigenvalue weighted by molar-refractivity contribution is 7.91. The van der Waals surface area contributed by atoms with Crippen molar-refractivity contribution in [1.82, 2.24) is 9.97 Å². The van der Waals surface area contributed by atoms with Gasteiger partial charge in [0.15, 0.2) is 4.90 Å². The Hall–Kier alpha value is -2.89. The van der Waals surface area contributed by atoms with Crippen LogP contribution in [-0.2, 0) is 16.6 Å². The summed E-state index contributed by atoms with van der Waals surface area (Å²) in [5.74, 6) is 0.453. The van der Waals surface area contributed by atoms with Gasteiger partial charge >= 0.3 is 0 Å². The molecule has 1 unspecified atom stereocenters. The second kappa shape index (κ2) is 7.66. The van der Waals surface area contributed by atoms with Crippen molar-refractivity contribution in [3.63, 3.8) is 0 Å². The molecule has 31 heavy (non-hydrogen) atoms. The van der Waals surface area contributed by atoms with E-state index in [0.717, 1.165) is 50.5 Å². The standard InChI is InChI=1S/C26H23FN2OS/c1-26(2)11-14-31(30)24-8-5-19(15-22(24)26)23-16-21(17-9-12-28-13-10-17)25(29-23)18-3-6-20(27)7-4-18/h3-10,12-13,15-16,29H,11,14H2,1-2H3. The maximum absolute atomic E-state index is 13.5. The van der Waals surface area contributed by atoms with Crippen LogP contribution in [-0.4, -0.2) is 20.3 Å². The fraction of sp³-hybridized carbons (Fsp3) is 0.192. The zero-order chi connectivity index (χ0) is 21.6. The monoisotopic (exact) mass is 430 g/mol. The summed E-state index contributed by atoms with van der Waals surface area (Å²) in [6.07, 6.45) is 4.45. The van der Waals surface area contributed by atoms with Gasteiger partial charge < -0.3 is 9.54 Å². The number of H-pyrrole nitrogens is 1. The summed E-state index contributed by atoms with van der Waals surface area (Å²) in [6.45, 7) is 4.43. The normalized spacial score (nSPS) is 17.4. The number of rotatable bonds is 3. The van der Waals surface area contributed by atoms with Crippen molar-refractivity contribution >= 4 is 11.2 Å². The highest BCUT2D eigenvalue weighted by atomic mass is 32.2. The number of hydrogen-bond donors (Lipinski definition) is 1. The number of aromatic nitrogens is 2. The molecule has 0 bridgehead atoms. The van der Waals surface area contributed by atoms with Crippen LogP contribution in [0.4, 0.5) is 4.39 Å². The number of hydrogen-bond acceptors (Lipinski definition) is 2. The van der Waals surface area contributed by atoms with Crippen molar-refractivity contribution < 1.29 is 8.94 Å². The van der Waals surface area contributed by atoms with Gasteiger partial charge in [0.25, 0.3) is 0 Å². The molecule has 5 heteroatoms. The van der Waals surface area contributed by atoms with E-state index in [4.69, 9.17) is 0 Å². The van der Waals surface area contributed by atoms with Crippen LogP contribution in [0.25, 0.3) is 33.6 Å². The van der Waals surface area contributed by atoms with Crippen LogP contribution < -0.4 is 0 Å². The molecule has 2 aromatic carbocycles. The van der Waals surface area contributed by atoms with Crippen LogP contribution in [0, 0.1) is 5.82 Å². The molecule has 1 atom stereocenters. The molecule has 3 heterocycles. The molecule has 5 rings (SSSR count). The second-order valence-corrected chi connectivity index (χ2v) is 10.1. The van der Waals surface area contributed by atoms with Gasteiger partial charge in [-0.05, 0) is 93.9 Å². The zero-order valence-electron chi connectivity index (χ0n) is 17.5. The first kappa shape index (κ1) is 20.0. The van der Waals surface area contributed by atoms with Gasteiger partial charge in [-0.2, -0.15) is 0 Å². The predicted octanol–water partition coefficient (Wildman–Crippen LogP) is 6.34. The average molecular weight is 431 g/mol. The molecule has 1 aliphatic rings. The third kappa shape index (κ3) is 3.68. The largest absolute Gasteiger partial charge is 0.611 e. The Morgan fingerprint density at radius 1 is 0.935 bits per heavy atom. The van der Waals surface area contributed by atoms with Gasteiger partial charge in [-0.15, -0.1) is 0 Å². The maximum atomic E-state index is 13.5. The Balaban J connectivity index is 1.67. The third-order valence-corrected chi connectivity index (χ3v) is 7.54. The summed E-state index contributed by atoms with van der Waals surface area (Å²) in [7, 11) is 0. The molecular formula is C26H23FN2OS. The van der Waals surface area contributed by atoms with E-state index in [0.29, 0.717) is 5.75 Å². The highest BCUT2D eigenvalue weighted by Gasteiger charge is 2.35. The first-order valence-electron chi connectivity index (χ1n) is 10.3. The number of fused-ring (bicyclic) bond motifs is 1. The molecule has 156 valence electrons. The lowest BCUT2D eigenvalue weighted by Crippen LogP contribution is -2.30.